The topological polar surface area (TPSA) is 99.0 Å². The van der Waals surface area contributed by atoms with Crippen LogP contribution in [0.1, 0.15) is 53.4 Å². The molecule has 0 radical (unpaired) electrons. The fraction of sp³-hybridized carbons (Fsp3) is 0.786. The second-order valence-corrected chi connectivity index (χ2v) is 7.03. The molecular weight excluding hydrogens is 292 g/mol. The number of imide groups is 1. The molecule has 0 aliphatic carbocycles. The van der Waals surface area contributed by atoms with E-state index in [0.717, 1.165) is 0 Å². The second-order valence-electron chi connectivity index (χ2n) is 7.03. The average Bonchev–Trinajstić information content (AvgIpc) is 2.67. The zero-order valence-electron chi connectivity index (χ0n) is 13.3. The molecule has 0 aromatic rings. The van der Waals surface area contributed by atoms with Crippen molar-refractivity contribution in [1.82, 2.24) is 10.1 Å². The number of amides is 2. The zero-order valence-corrected chi connectivity index (χ0v) is 13.3. The molecule has 22 heavy (non-hydrogen) atoms. The van der Waals surface area contributed by atoms with Crippen molar-refractivity contribution < 1.29 is 29.2 Å². The summed E-state index contributed by atoms with van der Waals surface area (Å²) in [6.45, 7) is 7.60. The molecule has 2 fully saturated rings. The van der Waals surface area contributed by atoms with Gasteiger partial charge in [-0.2, -0.15) is 0 Å². The summed E-state index contributed by atoms with van der Waals surface area (Å²) in [6.07, 6.45) is -0.466. The number of ether oxygens (including phenoxy) is 1. The Balaban J connectivity index is 1.97. The van der Waals surface area contributed by atoms with Gasteiger partial charge >= 0.3 is 6.16 Å². The van der Waals surface area contributed by atoms with Crippen LogP contribution in [0.5, 0.6) is 0 Å². The molecule has 2 saturated heterocycles. The Morgan fingerprint density at radius 3 is 2.00 bits per heavy atom. The minimum Gasteiger partial charge on any atom is -0.429 e. The quantitative estimate of drug-likeness (QED) is 0.426. The molecule has 2 aliphatic rings. The van der Waals surface area contributed by atoms with Gasteiger partial charge in [0.15, 0.2) is 0 Å². The third-order valence-electron chi connectivity index (χ3n) is 4.10. The second kappa shape index (κ2) is 5.51. The molecule has 2 aliphatic heterocycles. The molecule has 0 unspecified atom stereocenters. The van der Waals surface area contributed by atoms with Crippen molar-refractivity contribution in [1.29, 1.82) is 0 Å². The SMILES string of the molecule is CC1(C)CC(OC(=O)ON2C(=O)CCC2=O)CC(C)(C)N1[OH2+]. The Morgan fingerprint density at radius 1 is 1.09 bits per heavy atom. The van der Waals surface area contributed by atoms with Crippen LogP contribution in [0.25, 0.3) is 0 Å². The average molecular weight is 315 g/mol. The number of hydrogen-bond donors (Lipinski definition) is 0. The first-order chi connectivity index (χ1) is 10.0. The molecule has 2 rings (SSSR count). The zero-order chi connectivity index (χ0) is 16.7. The van der Waals surface area contributed by atoms with Gasteiger partial charge in [-0.1, -0.05) is 10.1 Å². The number of carbonyl (C=O) groups excluding carboxylic acids is 3. The molecule has 8 heteroatoms. The molecule has 0 aromatic heterocycles. The van der Waals surface area contributed by atoms with Crippen molar-refractivity contribution in [3.63, 3.8) is 0 Å². The van der Waals surface area contributed by atoms with Crippen molar-refractivity contribution in [2.24, 2.45) is 0 Å². The van der Waals surface area contributed by atoms with E-state index in [1.165, 1.54) is 5.06 Å². The molecule has 8 nitrogen and oxygen atoms in total. The van der Waals surface area contributed by atoms with Gasteiger partial charge in [0.1, 0.15) is 6.10 Å². The molecule has 2 N–H and O–H groups in total. The van der Waals surface area contributed by atoms with Crippen LogP contribution < -0.4 is 0 Å². The van der Waals surface area contributed by atoms with Crippen LogP contribution in [0, 0.1) is 0 Å². The van der Waals surface area contributed by atoms with Crippen molar-refractivity contribution in [3.05, 3.63) is 0 Å². The fourth-order valence-corrected chi connectivity index (χ4v) is 3.16. The summed E-state index contributed by atoms with van der Waals surface area (Å²) in [4.78, 5) is 39.3. The number of rotatable bonds is 2. The van der Waals surface area contributed by atoms with E-state index in [1.54, 1.807) is 0 Å². The van der Waals surface area contributed by atoms with Gasteiger partial charge in [-0.15, -0.1) is 0 Å². The summed E-state index contributed by atoms with van der Waals surface area (Å²) in [7, 11) is 0. The van der Waals surface area contributed by atoms with Crippen LogP contribution in [0.15, 0.2) is 0 Å². The number of hydroxylamine groups is 4. The van der Waals surface area contributed by atoms with Crippen molar-refractivity contribution in [2.45, 2.75) is 70.6 Å². The maximum Gasteiger partial charge on any atom is 0.534 e. The van der Waals surface area contributed by atoms with Gasteiger partial charge in [-0.25, -0.2) is 4.79 Å². The Labute approximate surface area is 128 Å². The smallest absolute Gasteiger partial charge is 0.429 e. The van der Waals surface area contributed by atoms with Crippen molar-refractivity contribution in [2.75, 3.05) is 0 Å². The van der Waals surface area contributed by atoms with Gasteiger partial charge in [0.25, 0.3) is 11.8 Å². The Kier molecular flexibility index (Phi) is 4.18. The predicted molar refractivity (Wildman–Crippen MR) is 75.3 cm³/mol. The first-order valence-electron chi connectivity index (χ1n) is 7.29. The van der Waals surface area contributed by atoms with Gasteiger partial charge in [0.05, 0.1) is 11.1 Å². The van der Waals surface area contributed by atoms with E-state index < -0.39 is 35.2 Å². The highest BCUT2D eigenvalue weighted by molar-refractivity contribution is 6.01. The van der Waals surface area contributed by atoms with E-state index in [4.69, 9.17) is 14.8 Å². The number of carbonyl (C=O) groups is 3. The van der Waals surface area contributed by atoms with Gasteiger partial charge in [0.2, 0.25) is 0 Å². The van der Waals surface area contributed by atoms with Gasteiger partial charge in [0, 0.05) is 25.7 Å². The fourth-order valence-electron chi connectivity index (χ4n) is 3.16. The molecule has 0 aromatic carbocycles. The maximum absolute atomic E-state index is 11.8. The van der Waals surface area contributed by atoms with Crippen molar-refractivity contribution in [3.8, 4) is 0 Å². The number of hydrogen-bond acceptors (Lipinski definition) is 6. The van der Waals surface area contributed by atoms with Crippen molar-refractivity contribution >= 4 is 18.0 Å². The van der Waals surface area contributed by atoms with E-state index in [1.807, 2.05) is 27.7 Å². The lowest BCUT2D eigenvalue weighted by molar-refractivity contribution is -0.259. The lowest BCUT2D eigenvalue weighted by atomic mass is 9.80. The highest BCUT2D eigenvalue weighted by Crippen LogP contribution is 2.38. The van der Waals surface area contributed by atoms with E-state index >= 15 is 0 Å². The van der Waals surface area contributed by atoms with Crippen LogP contribution in [0.4, 0.5) is 4.79 Å². The third kappa shape index (κ3) is 3.22. The van der Waals surface area contributed by atoms with Gasteiger partial charge in [-0.05, 0) is 27.7 Å². The monoisotopic (exact) mass is 315 g/mol. The summed E-state index contributed by atoms with van der Waals surface area (Å²) < 4.78 is 5.25. The van der Waals surface area contributed by atoms with E-state index in [2.05, 4.69) is 0 Å². The Bertz CT molecular complexity index is 468. The van der Waals surface area contributed by atoms with Crippen LogP contribution in [-0.2, 0) is 19.2 Å². The molecule has 2 heterocycles. The summed E-state index contributed by atoms with van der Waals surface area (Å²) >= 11 is 0. The minimum absolute atomic E-state index is 0.0450. The van der Waals surface area contributed by atoms with Crippen LogP contribution >= 0.6 is 0 Å². The first-order valence-corrected chi connectivity index (χ1v) is 7.29. The molecule has 124 valence electrons. The van der Waals surface area contributed by atoms with E-state index in [0.29, 0.717) is 17.9 Å². The highest BCUT2D eigenvalue weighted by atomic mass is 16.8. The molecule has 0 spiro atoms. The molecule has 0 bridgehead atoms. The summed E-state index contributed by atoms with van der Waals surface area (Å²) in [5.74, 6) is -1.08. The first kappa shape index (κ1) is 16.7. The largest absolute Gasteiger partial charge is 0.534 e. The summed E-state index contributed by atoms with van der Waals surface area (Å²) in [5.41, 5.74) is -0.933. The standard InChI is InChI=1S/C14H22N2O6/c1-13(2)7-9(8-14(3,4)16(13)20)21-12(19)22-15-10(17)5-6-11(15)18/h9,20H,5-8H2,1-4H3/p+1. The predicted octanol–water partition coefficient (Wildman–Crippen LogP) is 0.865. The molecule has 0 saturated carbocycles. The third-order valence-corrected chi connectivity index (χ3v) is 4.10. The molecule has 0 atom stereocenters. The van der Waals surface area contributed by atoms with Crippen LogP contribution in [0.2, 0.25) is 0 Å². The summed E-state index contributed by atoms with van der Waals surface area (Å²) in [6, 6.07) is 0. The van der Waals surface area contributed by atoms with E-state index in [9.17, 15) is 14.4 Å². The maximum atomic E-state index is 11.8. The van der Waals surface area contributed by atoms with Crippen LogP contribution in [0.3, 0.4) is 0 Å². The minimum atomic E-state index is -1.06. The Morgan fingerprint density at radius 2 is 1.55 bits per heavy atom. The Hall–Kier alpha value is -1.67. The molecule has 2 amide bonds. The normalized spacial score (nSPS) is 25.4. The number of nitrogens with zero attached hydrogens (tertiary/aromatic N) is 2. The number of piperidine rings is 1. The molecular formula is C14H23N2O6+. The lowest BCUT2D eigenvalue weighted by Crippen LogP contribution is -2.60. The highest BCUT2D eigenvalue weighted by Gasteiger charge is 2.50. The lowest BCUT2D eigenvalue weighted by Gasteiger charge is -2.46. The van der Waals surface area contributed by atoms with Crippen LogP contribution in [-0.4, -0.2) is 50.5 Å². The van der Waals surface area contributed by atoms with Gasteiger partial charge in [-0.3, -0.25) is 14.4 Å². The van der Waals surface area contributed by atoms with E-state index in [-0.39, 0.29) is 12.8 Å². The summed E-state index contributed by atoms with van der Waals surface area (Å²) in [5, 5.41) is 10.1. The van der Waals surface area contributed by atoms with Gasteiger partial charge < -0.3 is 9.94 Å².